The SMILES string of the molecule is CCCCCCCCCCCCOC[C@@H](CC(C[C@@H](N)C(=O)CCCOCCOCCOCCONS)P(=O)(O)O)OCCCCCCCCCCCC. The van der Waals surface area contributed by atoms with Crippen LogP contribution in [0.15, 0.2) is 0 Å². The van der Waals surface area contributed by atoms with E-state index in [1.807, 2.05) is 0 Å². The first-order valence-electron chi connectivity index (χ1n) is 21.5. The normalized spacial score (nSPS) is 13.7. The van der Waals surface area contributed by atoms with Gasteiger partial charge in [-0.2, -0.15) is 0 Å². The van der Waals surface area contributed by atoms with Crippen molar-refractivity contribution in [2.75, 3.05) is 66.1 Å². The van der Waals surface area contributed by atoms with E-state index < -0.39 is 25.4 Å². The topological polar surface area (TPSA) is 168 Å². The minimum Gasteiger partial charge on any atom is -0.379 e. The smallest absolute Gasteiger partial charge is 0.328 e. The van der Waals surface area contributed by atoms with Crippen LogP contribution in [0.5, 0.6) is 0 Å². The lowest BCUT2D eigenvalue weighted by Crippen LogP contribution is -2.36. The van der Waals surface area contributed by atoms with Crippen molar-refractivity contribution in [1.82, 2.24) is 4.89 Å². The second-order valence-corrected chi connectivity index (χ2v) is 16.7. The summed E-state index contributed by atoms with van der Waals surface area (Å²) in [5.41, 5.74) is 5.13. The monoisotopic (exact) mass is 815 g/mol. The molecular weight excluding hydrogens is 731 g/mol. The summed E-state index contributed by atoms with van der Waals surface area (Å²) in [6, 6.07) is -0.977. The van der Waals surface area contributed by atoms with E-state index >= 15 is 0 Å². The summed E-state index contributed by atoms with van der Waals surface area (Å²) in [4.78, 5) is 40.5. The first-order valence-corrected chi connectivity index (χ1v) is 23.7. The average Bonchev–Trinajstić information content (AvgIpc) is 3.15. The van der Waals surface area contributed by atoms with Crippen LogP contribution in [0.1, 0.15) is 168 Å². The lowest BCUT2D eigenvalue weighted by atomic mass is 10.0. The van der Waals surface area contributed by atoms with Crippen LogP contribution in [-0.2, 0) is 37.9 Å². The van der Waals surface area contributed by atoms with Gasteiger partial charge in [0.2, 0.25) is 0 Å². The van der Waals surface area contributed by atoms with Crippen molar-refractivity contribution in [3.63, 3.8) is 0 Å². The van der Waals surface area contributed by atoms with Crippen molar-refractivity contribution < 1.29 is 47.7 Å². The number of carbonyl (C=O) groups is 1. The van der Waals surface area contributed by atoms with Crippen LogP contribution in [0.4, 0.5) is 0 Å². The number of thiol groups is 1. The Hall–Kier alpha value is -0.150. The number of nitrogens with one attached hydrogen (secondary N) is 1. The number of rotatable bonds is 45. The summed E-state index contributed by atoms with van der Waals surface area (Å²) >= 11 is 3.71. The Labute approximate surface area is 335 Å². The van der Waals surface area contributed by atoms with Gasteiger partial charge in [-0.25, -0.2) is 0 Å². The van der Waals surface area contributed by atoms with Gasteiger partial charge in [-0.1, -0.05) is 142 Å². The third-order valence-electron chi connectivity index (χ3n) is 9.60. The van der Waals surface area contributed by atoms with E-state index in [2.05, 4.69) is 31.5 Å². The summed E-state index contributed by atoms with van der Waals surface area (Å²) in [6.07, 6.45) is 24.8. The first-order chi connectivity index (χ1) is 26.3. The fraction of sp³-hybridized carbons (Fsp3) is 0.975. The van der Waals surface area contributed by atoms with Crippen LogP contribution in [0, 0.1) is 0 Å². The van der Waals surface area contributed by atoms with Crippen molar-refractivity contribution in [3.05, 3.63) is 0 Å². The summed E-state index contributed by atoms with van der Waals surface area (Å²) in [7, 11) is -4.55. The van der Waals surface area contributed by atoms with Crippen molar-refractivity contribution >= 4 is 26.2 Å². The van der Waals surface area contributed by atoms with E-state index in [0.717, 1.165) is 25.7 Å². The lowest BCUT2D eigenvalue weighted by molar-refractivity contribution is -0.120. The van der Waals surface area contributed by atoms with Crippen molar-refractivity contribution in [1.29, 1.82) is 0 Å². The molecule has 0 radical (unpaired) electrons. The molecule has 3 atom stereocenters. The zero-order valence-corrected chi connectivity index (χ0v) is 36.2. The van der Waals surface area contributed by atoms with E-state index in [0.29, 0.717) is 65.9 Å². The van der Waals surface area contributed by atoms with E-state index in [9.17, 15) is 19.1 Å². The van der Waals surface area contributed by atoms with E-state index in [-0.39, 0.29) is 31.7 Å². The number of ketones is 1. The minimum atomic E-state index is -4.55. The van der Waals surface area contributed by atoms with Gasteiger partial charge in [0.1, 0.15) is 5.78 Å². The van der Waals surface area contributed by atoms with Crippen LogP contribution in [0.3, 0.4) is 0 Å². The third kappa shape index (κ3) is 37.4. The number of hydrogen-bond donors (Lipinski definition) is 5. The third-order valence-corrected chi connectivity index (χ3v) is 11.1. The first kappa shape index (κ1) is 53.9. The lowest BCUT2D eigenvalue weighted by Gasteiger charge is -2.26. The maximum atomic E-state index is 12.8. The van der Waals surface area contributed by atoms with E-state index in [1.54, 1.807) is 0 Å². The predicted octanol–water partition coefficient (Wildman–Crippen LogP) is 8.65. The highest BCUT2D eigenvalue weighted by Gasteiger charge is 2.34. The molecule has 0 aliphatic heterocycles. The second-order valence-electron chi connectivity index (χ2n) is 14.6. The highest BCUT2D eigenvalue weighted by Crippen LogP contribution is 2.46. The Kier molecular flexibility index (Phi) is 40.9. The molecule has 0 aromatic rings. The zero-order valence-electron chi connectivity index (χ0n) is 34.4. The number of hydrogen-bond acceptors (Lipinski definition) is 11. The summed E-state index contributed by atoms with van der Waals surface area (Å²) in [5.74, 6) is -0.234. The second kappa shape index (κ2) is 41.0. The highest BCUT2D eigenvalue weighted by atomic mass is 32.1. The number of Topliss-reactive ketones (excluding diaryl/α,β-unsaturated/α-hetero) is 1. The maximum absolute atomic E-state index is 12.8. The molecule has 14 heteroatoms. The Bertz CT molecular complexity index is 845. The molecule has 0 aromatic carbocycles. The zero-order chi connectivity index (χ0) is 39.8. The summed E-state index contributed by atoms with van der Waals surface area (Å²) in [5, 5.41) is 0. The quantitative estimate of drug-likeness (QED) is 0.0172. The molecule has 0 fully saturated rings. The molecule has 54 heavy (non-hydrogen) atoms. The Morgan fingerprint density at radius 2 is 1.02 bits per heavy atom. The highest BCUT2D eigenvalue weighted by molar-refractivity contribution is 7.77. The number of unbranched alkanes of at least 4 members (excludes halogenated alkanes) is 18. The molecule has 12 nitrogen and oxygen atoms in total. The fourth-order valence-electron chi connectivity index (χ4n) is 6.25. The summed E-state index contributed by atoms with van der Waals surface area (Å²) in [6.45, 7) is 8.71. The van der Waals surface area contributed by atoms with Crippen LogP contribution in [0.25, 0.3) is 0 Å². The Morgan fingerprint density at radius 3 is 1.50 bits per heavy atom. The molecule has 0 saturated carbocycles. The number of carbonyl (C=O) groups excluding carboxylic acids is 1. The van der Waals surface area contributed by atoms with Gasteiger partial charge in [0, 0.05) is 26.2 Å². The van der Waals surface area contributed by atoms with E-state index in [4.69, 9.17) is 34.3 Å². The van der Waals surface area contributed by atoms with Crippen LogP contribution in [-0.4, -0.2) is 99.4 Å². The van der Waals surface area contributed by atoms with Gasteiger partial charge in [0.15, 0.2) is 0 Å². The van der Waals surface area contributed by atoms with Crippen molar-refractivity contribution in [3.8, 4) is 0 Å². The molecule has 0 rings (SSSR count). The molecule has 0 aliphatic carbocycles. The minimum absolute atomic E-state index is 0.0931. The van der Waals surface area contributed by atoms with Gasteiger partial charge >= 0.3 is 7.60 Å². The largest absolute Gasteiger partial charge is 0.379 e. The molecule has 1 unspecified atom stereocenters. The van der Waals surface area contributed by atoms with Crippen LogP contribution < -0.4 is 10.6 Å². The maximum Gasteiger partial charge on any atom is 0.328 e. The number of ether oxygens (including phenoxy) is 5. The molecule has 0 amide bonds. The standard InChI is InChI=1S/C40H83N2O10PS/c1-3-5-7-9-11-13-15-17-19-21-25-50-36-37(51-27-22-20-18-16-14-12-10-8-6-4-2)34-38(53(44,45)46)35-39(41)40(43)24-23-26-47-28-29-48-30-31-49-32-33-52-42-54/h37-39,42,54H,3-36,41H2,1-2H3,(H2,44,45,46)/t37-,38?,39-/m1/s1. The molecular formula is C40H83N2O10PS. The fourth-order valence-corrected chi connectivity index (χ4v) is 7.35. The molecule has 0 saturated heterocycles. The molecule has 324 valence electrons. The molecule has 0 aromatic heterocycles. The Morgan fingerprint density at radius 1 is 0.593 bits per heavy atom. The van der Waals surface area contributed by atoms with Crippen LogP contribution >= 0.6 is 20.4 Å². The number of nitrogens with two attached hydrogens (primary N) is 1. The van der Waals surface area contributed by atoms with Gasteiger partial charge in [-0.15, -0.1) is 4.89 Å². The van der Waals surface area contributed by atoms with Crippen molar-refractivity contribution in [2.24, 2.45) is 5.73 Å². The van der Waals surface area contributed by atoms with Gasteiger partial charge in [0.05, 0.1) is 64.1 Å². The van der Waals surface area contributed by atoms with Crippen LogP contribution in [0.2, 0.25) is 0 Å². The van der Waals surface area contributed by atoms with Gasteiger partial charge in [0.25, 0.3) is 0 Å². The molecule has 5 N–H and O–H groups in total. The molecule has 0 bridgehead atoms. The summed E-state index contributed by atoms with van der Waals surface area (Å²) < 4.78 is 41.1. The van der Waals surface area contributed by atoms with Gasteiger partial charge in [-0.05, 0) is 32.1 Å². The molecule has 0 heterocycles. The van der Waals surface area contributed by atoms with Crippen molar-refractivity contribution in [2.45, 2.75) is 186 Å². The van der Waals surface area contributed by atoms with E-state index in [1.165, 1.54) is 103 Å². The molecule has 0 spiro atoms. The average molecular weight is 815 g/mol. The predicted molar refractivity (Wildman–Crippen MR) is 222 cm³/mol. The van der Waals surface area contributed by atoms with Gasteiger partial charge < -0.3 is 39.2 Å². The van der Waals surface area contributed by atoms with Gasteiger partial charge in [-0.3, -0.25) is 14.2 Å². The Balaban J connectivity index is 4.64. The molecule has 0 aliphatic rings.